The molecule has 1 N–H and O–H groups in total. The highest BCUT2D eigenvalue weighted by atomic mass is 32.1. The van der Waals surface area contributed by atoms with Crippen LogP contribution in [0.5, 0.6) is 23.0 Å². The van der Waals surface area contributed by atoms with Crippen LogP contribution in [-0.4, -0.2) is 49.3 Å². The number of nitrogens with one attached hydrogen (secondary N) is 1. The smallest absolute Gasteiger partial charge is 0.257 e. The fraction of sp³-hybridized carbons (Fsp3) is 0.292. The van der Waals surface area contributed by atoms with Gasteiger partial charge in [0.2, 0.25) is 12.7 Å². The van der Waals surface area contributed by atoms with Crippen molar-refractivity contribution in [2.24, 2.45) is 0 Å². The summed E-state index contributed by atoms with van der Waals surface area (Å²) in [6, 6.07) is 8.91. The summed E-state index contributed by atoms with van der Waals surface area (Å²) in [6.45, 7) is 1.28. The lowest BCUT2D eigenvalue weighted by molar-refractivity contribution is -0.131. The molecule has 0 aliphatic carbocycles. The Morgan fingerprint density at radius 3 is 2.65 bits per heavy atom. The Kier molecular flexibility index (Phi) is 5.97. The largest absolute Gasteiger partial charge is 0.493 e. The second-order valence-electron chi connectivity index (χ2n) is 7.88. The van der Waals surface area contributed by atoms with Crippen LogP contribution in [0.15, 0.2) is 35.7 Å². The van der Waals surface area contributed by atoms with Gasteiger partial charge in [-0.1, -0.05) is 0 Å². The van der Waals surface area contributed by atoms with E-state index in [0.717, 1.165) is 17.5 Å². The Morgan fingerprint density at radius 2 is 1.85 bits per heavy atom. The molecule has 0 unspecified atom stereocenters. The SMILES string of the molecule is COc1cc2c(cc1OC)CN(C(=O)Cc1csc(NC(=O)c3ccc4c(c3)OCO4)n1)CC2. The molecule has 9 nitrogen and oxygen atoms in total. The Bertz CT molecular complexity index is 1260. The molecule has 0 spiro atoms. The molecule has 2 aliphatic heterocycles. The lowest BCUT2D eigenvalue weighted by Gasteiger charge is -2.29. The van der Waals surface area contributed by atoms with Crippen LogP contribution < -0.4 is 24.3 Å². The highest BCUT2D eigenvalue weighted by Gasteiger charge is 2.24. The summed E-state index contributed by atoms with van der Waals surface area (Å²) in [5.74, 6) is 2.18. The monoisotopic (exact) mass is 481 g/mol. The van der Waals surface area contributed by atoms with E-state index in [-0.39, 0.29) is 25.0 Å². The van der Waals surface area contributed by atoms with Crippen molar-refractivity contribution in [3.05, 3.63) is 58.1 Å². The standard InChI is InChI=1S/C24H23N3O6S/c1-30-19-7-14-5-6-27(11-16(14)9-20(19)31-2)22(28)10-17-12-34-24(25-17)26-23(29)15-3-4-18-21(8-15)33-13-32-18/h3-4,7-9,12H,5-6,10-11,13H2,1-2H3,(H,25,26,29). The molecule has 3 aromatic rings. The predicted molar refractivity (Wildman–Crippen MR) is 125 cm³/mol. The average Bonchev–Trinajstić information content (AvgIpc) is 3.51. The second kappa shape index (κ2) is 9.22. The lowest BCUT2D eigenvalue weighted by Crippen LogP contribution is -2.37. The Balaban J connectivity index is 1.21. The van der Waals surface area contributed by atoms with Gasteiger partial charge in [0.15, 0.2) is 28.1 Å². The van der Waals surface area contributed by atoms with Gasteiger partial charge in [0, 0.05) is 24.0 Å². The van der Waals surface area contributed by atoms with E-state index in [4.69, 9.17) is 18.9 Å². The zero-order valence-electron chi connectivity index (χ0n) is 18.8. The van der Waals surface area contributed by atoms with Gasteiger partial charge in [-0.15, -0.1) is 11.3 Å². The topological polar surface area (TPSA) is 99.2 Å². The summed E-state index contributed by atoms with van der Waals surface area (Å²) in [7, 11) is 3.21. The highest BCUT2D eigenvalue weighted by molar-refractivity contribution is 7.14. The van der Waals surface area contributed by atoms with Gasteiger partial charge in [-0.05, 0) is 47.9 Å². The molecule has 0 fully saturated rings. The van der Waals surface area contributed by atoms with Gasteiger partial charge in [-0.3, -0.25) is 14.9 Å². The van der Waals surface area contributed by atoms with Crippen LogP contribution in [0.1, 0.15) is 27.2 Å². The van der Waals surface area contributed by atoms with Crippen LogP contribution in [-0.2, 0) is 24.2 Å². The number of amides is 2. The molecule has 176 valence electrons. The first-order chi connectivity index (χ1) is 16.5. The van der Waals surface area contributed by atoms with Crippen molar-refractivity contribution in [2.45, 2.75) is 19.4 Å². The van der Waals surface area contributed by atoms with Crippen molar-refractivity contribution in [2.75, 3.05) is 32.9 Å². The van der Waals surface area contributed by atoms with Gasteiger partial charge in [0.05, 0.1) is 26.3 Å². The minimum atomic E-state index is -0.303. The number of carbonyl (C=O) groups is 2. The predicted octanol–water partition coefficient (Wildman–Crippen LogP) is 3.27. The molecule has 0 atom stereocenters. The molecule has 1 aromatic heterocycles. The van der Waals surface area contributed by atoms with E-state index in [2.05, 4.69) is 10.3 Å². The minimum absolute atomic E-state index is 0.0145. The fourth-order valence-electron chi connectivity index (χ4n) is 4.02. The van der Waals surface area contributed by atoms with Crippen molar-refractivity contribution >= 4 is 28.3 Å². The first-order valence-electron chi connectivity index (χ1n) is 10.7. The van der Waals surface area contributed by atoms with Crippen molar-refractivity contribution in [1.29, 1.82) is 0 Å². The van der Waals surface area contributed by atoms with Gasteiger partial charge in [-0.25, -0.2) is 4.98 Å². The van der Waals surface area contributed by atoms with Crippen LogP contribution in [0.3, 0.4) is 0 Å². The number of benzene rings is 2. The van der Waals surface area contributed by atoms with Gasteiger partial charge in [0.25, 0.3) is 5.91 Å². The molecular weight excluding hydrogens is 458 g/mol. The maximum atomic E-state index is 12.9. The number of nitrogens with zero attached hydrogens (tertiary/aromatic N) is 2. The molecule has 0 radical (unpaired) electrons. The summed E-state index contributed by atoms with van der Waals surface area (Å²) >= 11 is 1.28. The summed E-state index contributed by atoms with van der Waals surface area (Å²) in [4.78, 5) is 31.8. The van der Waals surface area contributed by atoms with Crippen molar-refractivity contribution in [1.82, 2.24) is 9.88 Å². The summed E-state index contributed by atoms with van der Waals surface area (Å²) < 4.78 is 21.4. The van der Waals surface area contributed by atoms with Gasteiger partial charge < -0.3 is 23.8 Å². The number of thiazole rings is 1. The van der Waals surface area contributed by atoms with Crippen molar-refractivity contribution < 1.29 is 28.5 Å². The van der Waals surface area contributed by atoms with E-state index in [9.17, 15) is 9.59 Å². The van der Waals surface area contributed by atoms with E-state index >= 15 is 0 Å². The first kappa shape index (κ1) is 22.0. The number of methoxy groups -OCH3 is 2. The number of ether oxygens (including phenoxy) is 4. The second-order valence-corrected chi connectivity index (χ2v) is 8.74. The molecule has 0 saturated carbocycles. The van der Waals surface area contributed by atoms with Crippen LogP contribution in [0.25, 0.3) is 0 Å². The van der Waals surface area contributed by atoms with E-state index in [1.54, 1.807) is 37.8 Å². The number of hydrogen-bond donors (Lipinski definition) is 1. The van der Waals surface area contributed by atoms with E-state index in [0.29, 0.717) is 52.5 Å². The Hall–Kier alpha value is -3.79. The van der Waals surface area contributed by atoms with Gasteiger partial charge in [-0.2, -0.15) is 0 Å². The van der Waals surface area contributed by atoms with E-state index in [1.165, 1.54) is 11.3 Å². The normalized spacial score (nSPS) is 13.9. The molecule has 2 amide bonds. The Labute approximate surface area is 200 Å². The average molecular weight is 482 g/mol. The molecule has 3 heterocycles. The van der Waals surface area contributed by atoms with Crippen LogP contribution in [0.2, 0.25) is 0 Å². The van der Waals surface area contributed by atoms with E-state index in [1.807, 2.05) is 17.0 Å². The molecule has 10 heteroatoms. The fourth-order valence-corrected chi connectivity index (χ4v) is 4.72. The summed E-state index contributed by atoms with van der Waals surface area (Å²) in [5.41, 5.74) is 3.27. The number of hydrogen-bond acceptors (Lipinski definition) is 8. The maximum Gasteiger partial charge on any atom is 0.257 e. The van der Waals surface area contributed by atoms with E-state index < -0.39 is 0 Å². The number of fused-ring (bicyclic) bond motifs is 2. The Morgan fingerprint density at radius 1 is 1.09 bits per heavy atom. The minimum Gasteiger partial charge on any atom is -0.493 e. The van der Waals surface area contributed by atoms with Crippen molar-refractivity contribution in [3.8, 4) is 23.0 Å². The molecule has 5 rings (SSSR count). The molecule has 0 bridgehead atoms. The molecule has 0 saturated heterocycles. The number of rotatable bonds is 6. The molecule has 2 aromatic carbocycles. The van der Waals surface area contributed by atoms with Gasteiger partial charge >= 0.3 is 0 Å². The molecule has 2 aliphatic rings. The third-order valence-electron chi connectivity index (χ3n) is 5.81. The van der Waals surface area contributed by atoms with Crippen LogP contribution in [0.4, 0.5) is 5.13 Å². The number of anilines is 1. The number of aromatic nitrogens is 1. The quantitative estimate of drug-likeness (QED) is 0.577. The van der Waals surface area contributed by atoms with Gasteiger partial charge in [0.1, 0.15) is 0 Å². The zero-order valence-corrected chi connectivity index (χ0v) is 19.6. The van der Waals surface area contributed by atoms with Crippen molar-refractivity contribution in [3.63, 3.8) is 0 Å². The lowest BCUT2D eigenvalue weighted by atomic mass is 9.98. The molecule has 34 heavy (non-hydrogen) atoms. The molecular formula is C24H23N3O6S. The maximum absolute atomic E-state index is 12.9. The number of carbonyl (C=O) groups excluding carboxylic acids is 2. The zero-order chi connectivity index (χ0) is 23.7. The third-order valence-corrected chi connectivity index (χ3v) is 6.62. The highest BCUT2D eigenvalue weighted by Crippen LogP contribution is 2.34. The van der Waals surface area contributed by atoms with Crippen LogP contribution in [0, 0.1) is 0 Å². The summed E-state index contributed by atoms with van der Waals surface area (Å²) in [5, 5.41) is 5.01. The van der Waals surface area contributed by atoms with Crippen LogP contribution >= 0.6 is 11.3 Å². The summed E-state index contributed by atoms with van der Waals surface area (Å²) in [6.07, 6.45) is 0.911. The first-order valence-corrected chi connectivity index (χ1v) is 11.6. The third kappa shape index (κ3) is 4.36.